The standard InChI is InChI=1S/C16H19N/c1-12-9-10-16(13(2)11-12)17-14(3)15-7-5-4-6-8-15/h4-11,14,17H,1-3H3. The molecule has 0 amide bonds. The van der Waals surface area contributed by atoms with Gasteiger partial charge in [0.25, 0.3) is 0 Å². The zero-order chi connectivity index (χ0) is 12.3. The molecule has 1 N–H and O–H groups in total. The van der Waals surface area contributed by atoms with Crippen molar-refractivity contribution in [1.82, 2.24) is 0 Å². The van der Waals surface area contributed by atoms with E-state index < -0.39 is 0 Å². The van der Waals surface area contributed by atoms with Crippen LogP contribution < -0.4 is 5.32 Å². The van der Waals surface area contributed by atoms with Crippen molar-refractivity contribution < 1.29 is 0 Å². The van der Waals surface area contributed by atoms with Crippen LogP contribution in [0.25, 0.3) is 0 Å². The van der Waals surface area contributed by atoms with Crippen LogP contribution in [0.3, 0.4) is 0 Å². The third-order valence-electron chi connectivity index (χ3n) is 3.05. The second kappa shape index (κ2) is 5.05. The Morgan fingerprint density at radius 1 is 0.941 bits per heavy atom. The highest BCUT2D eigenvalue weighted by atomic mass is 14.9. The van der Waals surface area contributed by atoms with Crippen LogP contribution in [-0.2, 0) is 0 Å². The molecule has 0 saturated carbocycles. The molecular formula is C16H19N. The Labute approximate surface area is 103 Å². The van der Waals surface area contributed by atoms with Crippen molar-refractivity contribution in [3.63, 3.8) is 0 Å². The van der Waals surface area contributed by atoms with E-state index in [1.165, 1.54) is 22.4 Å². The van der Waals surface area contributed by atoms with E-state index in [1.54, 1.807) is 0 Å². The van der Waals surface area contributed by atoms with Crippen molar-refractivity contribution in [2.45, 2.75) is 26.8 Å². The monoisotopic (exact) mass is 225 g/mol. The Balaban J connectivity index is 2.16. The van der Waals surface area contributed by atoms with Crippen LogP contribution in [0.1, 0.15) is 29.7 Å². The van der Waals surface area contributed by atoms with Gasteiger partial charge in [-0.3, -0.25) is 0 Å². The summed E-state index contributed by atoms with van der Waals surface area (Å²) >= 11 is 0. The van der Waals surface area contributed by atoms with Gasteiger partial charge in [-0.1, -0.05) is 48.0 Å². The Morgan fingerprint density at radius 2 is 1.65 bits per heavy atom. The van der Waals surface area contributed by atoms with Crippen molar-refractivity contribution >= 4 is 5.69 Å². The maximum absolute atomic E-state index is 3.55. The van der Waals surface area contributed by atoms with Crippen LogP contribution >= 0.6 is 0 Å². The molecule has 2 aromatic carbocycles. The molecule has 1 heteroatoms. The second-order valence-corrected chi connectivity index (χ2v) is 4.60. The van der Waals surface area contributed by atoms with Gasteiger partial charge in [-0.15, -0.1) is 0 Å². The van der Waals surface area contributed by atoms with Gasteiger partial charge in [0.15, 0.2) is 0 Å². The quantitative estimate of drug-likeness (QED) is 0.812. The molecule has 0 aromatic heterocycles. The third kappa shape index (κ3) is 2.88. The van der Waals surface area contributed by atoms with E-state index in [1.807, 2.05) is 6.07 Å². The van der Waals surface area contributed by atoms with E-state index in [0.29, 0.717) is 6.04 Å². The van der Waals surface area contributed by atoms with Crippen LogP contribution in [-0.4, -0.2) is 0 Å². The molecule has 2 aromatic rings. The molecule has 2 rings (SSSR count). The van der Waals surface area contributed by atoms with E-state index in [2.05, 4.69) is 68.6 Å². The predicted octanol–water partition coefficient (Wildman–Crippen LogP) is 4.48. The molecule has 0 saturated heterocycles. The maximum Gasteiger partial charge on any atom is 0.0485 e. The van der Waals surface area contributed by atoms with Crippen molar-refractivity contribution in [3.8, 4) is 0 Å². The molecule has 0 aliphatic carbocycles. The molecule has 0 bridgehead atoms. The van der Waals surface area contributed by atoms with Crippen molar-refractivity contribution in [2.75, 3.05) is 5.32 Å². The van der Waals surface area contributed by atoms with Gasteiger partial charge in [0.1, 0.15) is 0 Å². The van der Waals surface area contributed by atoms with Crippen LogP contribution in [0.5, 0.6) is 0 Å². The summed E-state index contributed by atoms with van der Waals surface area (Å²) in [5.74, 6) is 0. The second-order valence-electron chi connectivity index (χ2n) is 4.60. The van der Waals surface area contributed by atoms with Crippen molar-refractivity contribution in [2.24, 2.45) is 0 Å². The zero-order valence-electron chi connectivity index (χ0n) is 10.7. The molecule has 0 spiro atoms. The Hall–Kier alpha value is -1.76. The minimum absolute atomic E-state index is 0.331. The van der Waals surface area contributed by atoms with E-state index in [9.17, 15) is 0 Å². The van der Waals surface area contributed by atoms with Gasteiger partial charge in [0.2, 0.25) is 0 Å². The zero-order valence-corrected chi connectivity index (χ0v) is 10.7. The van der Waals surface area contributed by atoms with Crippen LogP contribution in [0.15, 0.2) is 48.5 Å². The smallest absolute Gasteiger partial charge is 0.0485 e. The minimum Gasteiger partial charge on any atom is -0.378 e. The molecule has 0 radical (unpaired) electrons. The van der Waals surface area contributed by atoms with Crippen molar-refractivity contribution in [3.05, 3.63) is 65.2 Å². The first-order valence-electron chi connectivity index (χ1n) is 6.05. The summed E-state index contributed by atoms with van der Waals surface area (Å²) in [6.45, 7) is 6.46. The lowest BCUT2D eigenvalue weighted by Crippen LogP contribution is -2.07. The molecule has 1 atom stereocenters. The molecule has 1 nitrogen and oxygen atoms in total. The van der Waals surface area contributed by atoms with Gasteiger partial charge in [0.05, 0.1) is 0 Å². The van der Waals surface area contributed by atoms with Crippen LogP contribution in [0.2, 0.25) is 0 Å². The van der Waals surface area contributed by atoms with Gasteiger partial charge < -0.3 is 5.32 Å². The largest absolute Gasteiger partial charge is 0.378 e. The molecule has 17 heavy (non-hydrogen) atoms. The molecule has 1 unspecified atom stereocenters. The lowest BCUT2D eigenvalue weighted by Gasteiger charge is -2.17. The number of benzene rings is 2. The van der Waals surface area contributed by atoms with Gasteiger partial charge in [-0.05, 0) is 38.0 Å². The van der Waals surface area contributed by atoms with Gasteiger partial charge in [-0.25, -0.2) is 0 Å². The van der Waals surface area contributed by atoms with E-state index in [0.717, 1.165) is 0 Å². The highest BCUT2D eigenvalue weighted by Gasteiger charge is 2.05. The Morgan fingerprint density at radius 3 is 2.29 bits per heavy atom. The lowest BCUT2D eigenvalue weighted by atomic mass is 10.1. The summed E-state index contributed by atoms with van der Waals surface area (Å²) in [5, 5.41) is 3.55. The SMILES string of the molecule is Cc1ccc(NC(C)c2ccccc2)c(C)c1. The van der Waals surface area contributed by atoms with E-state index in [-0.39, 0.29) is 0 Å². The summed E-state index contributed by atoms with van der Waals surface area (Å²) in [5.41, 5.74) is 5.13. The number of hydrogen-bond donors (Lipinski definition) is 1. The Kier molecular flexibility index (Phi) is 3.48. The topological polar surface area (TPSA) is 12.0 Å². The van der Waals surface area contributed by atoms with Gasteiger partial charge in [-0.2, -0.15) is 0 Å². The molecule has 0 aliphatic rings. The minimum atomic E-state index is 0.331. The highest BCUT2D eigenvalue weighted by Crippen LogP contribution is 2.22. The van der Waals surface area contributed by atoms with Crippen LogP contribution in [0.4, 0.5) is 5.69 Å². The number of anilines is 1. The average Bonchev–Trinajstić information content (AvgIpc) is 2.34. The van der Waals surface area contributed by atoms with E-state index in [4.69, 9.17) is 0 Å². The highest BCUT2D eigenvalue weighted by molar-refractivity contribution is 5.53. The summed E-state index contributed by atoms with van der Waals surface area (Å²) in [7, 11) is 0. The molecular weight excluding hydrogens is 206 g/mol. The first-order chi connectivity index (χ1) is 8.16. The fourth-order valence-electron chi connectivity index (χ4n) is 2.03. The predicted molar refractivity (Wildman–Crippen MR) is 74.4 cm³/mol. The number of aryl methyl sites for hydroxylation is 2. The fraction of sp³-hybridized carbons (Fsp3) is 0.250. The lowest BCUT2D eigenvalue weighted by molar-refractivity contribution is 0.882. The Bertz CT molecular complexity index is 488. The first-order valence-corrected chi connectivity index (χ1v) is 6.05. The van der Waals surface area contributed by atoms with Crippen LogP contribution in [0, 0.1) is 13.8 Å². The summed E-state index contributed by atoms with van der Waals surface area (Å²) in [4.78, 5) is 0. The third-order valence-corrected chi connectivity index (χ3v) is 3.05. The molecule has 0 fully saturated rings. The van der Waals surface area contributed by atoms with Gasteiger partial charge in [0, 0.05) is 11.7 Å². The molecule has 0 heterocycles. The fourth-order valence-corrected chi connectivity index (χ4v) is 2.03. The number of rotatable bonds is 3. The summed E-state index contributed by atoms with van der Waals surface area (Å²) < 4.78 is 0. The summed E-state index contributed by atoms with van der Waals surface area (Å²) in [6, 6.07) is 17.4. The van der Waals surface area contributed by atoms with Crippen molar-refractivity contribution in [1.29, 1.82) is 0 Å². The molecule has 0 aliphatic heterocycles. The average molecular weight is 225 g/mol. The van der Waals surface area contributed by atoms with E-state index >= 15 is 0 Å². The number of nitrogens with one attached hydrogen (secondary N) is 1. The normalized spacial score (nSPS) is 12.2. The van der Waals surface area contributed by atoms with Gasteiger partial charge >= 0.3 is 0 Å². The molecule has 88 valence electrons. The number of hydrogen-bond acceptors (Lipinski definition) is 1. The first kappa shape index (κ1) is 11.7. The maximum atomic E-state index is 3.55. The summed E-state index contributed by atoms with van der Waals surface area (Å²) in [6.07, 6.45) is 0.